The zero-order valence-electron chi connectivity index (χ0n) is 11.7. The molecular formula is C15H22O4. The molecule has 1 aromatic carbocycles. The first-order valence-electron chi connectivity index (χ1n) is 6.24. The predicted octanol–water partition coefficient (Wildman–Crippen LogP) is 1.98. The van der Waals surface area contributed by atoms with Gasteiger partial charge in [-0.3, -0.25) is 0 Å². The highest BCUT2D eigenvalue weighted by atomic mass is 16.7. The number of para-hydroxylation sites is 1. The van der Waals surface area contributed by atoms with Gasteiger partial charge >= 0.3 is 0 Å². The first-order valence-corrected chi connectivity index (χ1v) is 6.24. The standard InChI is InChI=1S/C15H22O4/c1-4-12(2)15(10-16,11-17)14(18-3)19-13-8-6-5-7-9-13/h4-9,14,16-17H,10-11H2,1-3H3/b12-4+. The Bertz CT molecular complexity index is 396. The van der Waals surface area contributed by atoms with Crippen LogP contribution in [0.4, 0.5) is 0 Å². The van der Waals surface area contributed by atoms with Crippen molar-refractivity contribution in [1.82, 2.24) is 0 Å². The van der Waals surface area contributed by atoms with Gasteiger partial charge in [0, 0.05) is 7.11 Å². The van der Waals surface area contributed by atoms with Crippen molar-refractivity contribution in [2.45, 2.75) is 20.1 Å². The van der Waals surface area contributed by atoms with Gasteiger partial charge in [0.2, 0.25) is 6.29 Å². The molecule has 0 amide bonds. The quantitative estimate of drug-likeness (QED) is 0.585. The number of aliphatic hydroxyl groups excluding tert-OH is 2. The zero-order valence-corrected chi connectivity index (χ0v) is 11.7. The maximum absolute atomic E-state index is 9.70. The normalized spacial score (nSPS) is 14.3. The molecule has 0 fully saturated rings. The van der Waals surface area contributed by atoms with Gasteiger partial charge < -0.3 is 19.7 Å². The lowest BCUT2D eigenvalue weighted by Crippen LogP contribution is -2.47. The SMILES string of the molecule is C/C=C(\C)C(CO)(CO)C(OC)Oc1ccccc1. The van der Waals surface area contributed by atoms with Crippen LogP contribution in [0.25, 0.3) is 0 Å². The summed E-state index contributed by atoms with van der Waals surface area (Å²) in [6.07, 6.45) is 1.08. The Kier molecular flexibility index (Phi) is 6.02. The summed E-state index contributed by atoms with van der Waals surface area (Å²) >= 11 is 0. The molecule has 0 aliphatic heterocycles. The van der Waals surface area contributed by atoms with Crippen LogP contribution in [0.5, 0.6) is 5.75 Å². The fraction of sp³-hybridized carbons (Fsp3) is 0.467. The van der Waals surface area contributed by atoms with Crippen molar-refractivity contribution < 1.29 is 19.7 Å². The van der Waals surface area contributed by atoms with Crippen LogP contribution in [0, 0.1) is 5.41 Å². The number of rotatable bonds is 7. The van der Waals surface area contributed by atoms with Crippen LogP contribution in [0.3, 0.4) is 0 Å². The third kappa shape index (κ3) is 3.35. The highest BCUT2D eigenvalue weighted by Crippen LogP contribution is 2.33. The van der Waals surface area contributed by atoms with Crippen LogP contribution < -0.4 is 4.74 Å². The Balaban J connectivity index is 3.04. The molecular weight excluding hydrogens is 244 g/mol. The summed E-state index contributed by atoms with van der Waals surface area (Å²) in [6, 6.07) is 9.19. The number of allylic oxidation sites excluding steroid dienone is 1. The summed E-state index contributed by atoms with van der Waals surface area (Å²) in [6.45, 7) is 3.17. The Labute approximate surface area is 114 Å². The Morgan fingerprint density at radius 1 is 1.26 bits per heavy atom. The van der Waals surface area contributed by atoms with Gasteiger partial charge in [-0.2, -0.15) is 0 Å². The van der Waals surface area contributed by atoms with E-state index in [0.717, 1.165) is 5.57 Å². The molecule has 1 rings (SSSR count). The van der Waals surface area contributed by atoms with Crippen molar-refractivity contribution in [3.63, 3.8) is 0 Å². The van der Waals surface area contributed by atoms with Gasteiger partial charge in [0.25, 0.3) is 0 Å². The van der Waals surface area contributed by atoms with E-state index in [1.54, 1.807) is 12.1 Å². The second-order valence-corrected chi connectivity index (χ2v) is 4.44. The molecule has 0 saturated carbocycles. The molecule has 0 spiro atoms. The van der Waals surface area contributed by atoms with Crippen LogP contribution in [-0.2, 0) is 4.74 Å². The largest absolute Gasteiger partial charge is 0.464 e. The molecule has 1 aromatic rings. The number of hydrogen-bond donors (Lipinski definition) is 2. The van der Waals surface area contributed by atoms with Gasteiger partial charge in [0.15, 0.2) is 0 Å². The van der Waals surface area contributed by atoms with Crippen molar-refractivity contribution in [2.75, 3.05) is 20.3 Å². The minimum absolute atomic E-state index is 0.259. The maximum Gasteiger partial charge on any atom is 0.213 e. The van der Waals surface area contributed by atoms with Crippen LogP contribution in [0.2, 0.25) is 0 Å². The second kappa shape index (κ2) is 7.28. The molecule has 0 aliphatic rings. The Hall–Kier alpha value is -1.36. The molecule has 0 bridgehead atoms. The minimum atomic E-state index is -0.959. The first-order chi connectivity index (χ1) is 9.14. The topological polar surface area (TPSA) is 58.9 Å². The molecule has 0 aromatic heterocycles. The van der Waals surface area contributed by atoms with Gasteiger partial charge in [0.1, 0.15) is 5.75 Å². The van der Waals surface area contributed by atoms with E-state index in [2.05, 4.69) is 0 Å². The fourth-order valence-corrected chi connectivity index (χ4v) is 1.93. The molecule has 0 aliphatic carbocycles. The molecule has 19 heavy (non-hydrogen) atoms. The molecule has 1 unspecified atom stereocenters. The van der Waals surface area contributed by atoms with Crippen LogP contribution in [0.15, 0.2) is 42.0 Å². The van der Waals surface area contributed by atoms with E-state index >= 15 is 0 Å². The van der Waals surface area contributed by atoms with Crippen LogP contribution >= 0.6 is 0 Å². The van der Waals surface area contributed by atoms with Crippen molar-refractivity contribution in [3.8, 4) is 5.75 Å². The summed E-state index contributed by atoms with van der Waals surface area (Å²) in [5.41, 5.74) is -0.139. The Morgan fingerprint density at radius 3 is 2.26 bits per heavy atom. The van der Waals surface area contributed by atoms with E-state index in [4.69, 9.17) is 9.47 Å². The molecule has 0 radical (unpaired) electrons. The molecule has 4 nitrogen and oxygen atoms in total. The minimum Gasteiger partial charge on any atom is -0.464 e. The van der Waals surface area contributed by atoms with Gasteiger partial charge in [0.05, 0.1) is 18.6 Å². The van der Waals surface area contributed by atoms with E-state index in [1.807, 2.05) is 38.1 Å². The average Bonchev–Trinajstić information content (AvgIpc) is 2.48. The van der Waals surface area contributed by atoms with E-state index in [9.17, 15) is 10.2 Å². The number of methoxy groups -OCH3 is 1. The third-order valence-corrected chi connectivity index (χ3v) is 3.43. The molecule has 4 heteroatoms. The molecule has 0 heterocycles. The number of ether oxygens (including phenoxy) is 2. The van der Waals surface area contributed by atoms with E-state index in [0.29, 0.717) is 5.75 Å². The summed E-state index contributed by atoms with van der Waals surface area (Å²) in [5.74, 6) is 0.629. The predicted molar refractivity (Wildman–Crippen MR) is 73.9 cm³/mol. The Morgan fingerprint density at radius 2 is 1.84 bits per heavy atom. The summed E-state index contributed by atoms with van der Waals surface area (Å²) in [5, 5.41) is 19.4. The second-order valence-electron chi connectivity index (χ2n) is 4.44. The monoisotopic (exact) mass is 266 g/mol. The van der Waals surface area contributed by atoms with Crippen molar-refractivity contribution >= 4 is 0 Å². The molecule has 1 atom stereocenters. The first kappa shape index (κ1) is 15.7. The lowest BCUT2D eigenvalue weighted by molar-refractivity contribution is -0.154. The average molecular weight is 266 g/mol. The molecule has 106 valence electrons. The van der Waals surface area contributed by atoms with Crippen molar-refractivity contribution in [2.24, 2.45) is 5.41 Å². The third-order valence-electron chi connectivity index (χ3n) is 3.43. The number of aliphatic hydroxyl groups is 2. The van der Waals surface area contributed by atoms with E-state index in [1.165, 1.54) is 7.11 Å². The summed E-state index contributed by atoms with van der Waals surface area (Å²) < 4.78 is 11.1. The smallest absolute Gasteiger partial charge is 0.213 e. The van der Waals surface area contributed by atoms with Crippen molar-refractivity contribution in [3.05, 3.63) is 42.0 Å². The van der Waals surface area contributed by atoms with Crippen LogP contribution in [0.1, 0.15) is 13.8 Å². The van der Waals surface area contributed by atoms with Crippen molar-refractivity contribution in [1.29, 1.82) is 0 Å². The number of benzene rings is 1. The lowest BCUT2D eigenvalue weighted by Gasteiger charge is -2.37. The van der Waals surface area contributed by atoms with Gasteiger partial charge in [-0.25, -0.2) is 0 Å². The van der Waals surface area contributed by atoms with E-state index in [-0.39, 0.29) is 13.2 Å². The van der Waals surface area contributed by atoms with Crippen LogP contribution in [-0.4, -0.2) is 36.8 Å². The summed E-state index contributed by atoms with van der Waals surface area (Å²) in [4.78, 5) is 0. The number of hydrogen-bond acceptors (Lipinski definition) is 4. The van der Waals surface area contributed by atoms with Gasteiger partial charge in [-0.05, 0) is 26.0 Å². The van der Waals surface area contributed by atoms with Gasteiger partial charge in [-0.15, -0.1) is 0 Å². The highest BCUT2D eigenvalue weighted by molar-refractivity contribution is 5.22. The zero-order chi connectivity index (χ0) is 14.3. The molecule has 0 saturated heterocycles. The maximum atomic E-state index is 9.70. The molecule has 2 N–H and O–H groups in total. The fourth-order valence-electron chi connectivity index (χ4n) is 1.93. The highest BCUT2D eigenvalue weighted by Gasteiger charge is 2.42. The lowest BCUT2D eigenvalue weighted by atomic mass is 9.81. The summed E-state index contributed by atoms with van der Waals surface area (Å²) in [7, 11) is 1.50. The van der Waals surface area contributed by atoms with Gasteiger partial charge in [-0.1, -0.05) is 29.8 Å². The van der Waals surface area contributed by atoms with E-state index < -0.39 is 11.7 Å².